The van der Waals surface area contributed by atoms with Crippen molar-refractivity contribution in [1.82, 2.24) is 0 Å². The van der Waals surface area contributed by atoms with E-state index in [9.17, 15) is 4.79 Å². The van der Waals surface area contributed by atoms with Gasteiger partial charge < -0.3 is 0 Å². The molecule has 0 atom stereocenters. The van der Waals surface area contributed by atoms with Crippen LogP contribution >= 0.6 is 11.3 Å². The zero-order chi connectivity index (χ0) is 14.2. The summed E-state index contributed by atoms with van der Waals surface area (Å²) in [7, 11) is 0. The van der Waals surface area contributed by atoms with E-state index < -0.39 is 0 Å². The first-order valence-corrected chi connectivity index (χ1v) is 7.33. The Labute approximate surface area is 119 Å². The van der Waals surface area contributed by atoms with E-state index in [0.717, 1.165) is 16.0 Å². The molecule has 0 saturated carbocycles. The highest BCUT2D eigenvalue weighted by Gasteiger charge is 2.17. The second-order valence-corrected chi connectivity index (χ2v) is 7.44. The molecular weight excluding hydrogens is 252 g/mol. The fourth-order valence-corrected chi connectivity index (χ4v) is 3.05. The number of hydrogen-bond donors (Lipinski definition) is 0. The van der Waals surface area contributed by atoms with Crippen LogP contribution < -0.4 is 0 Å². The predicted octanol–water partition coefficient (Wildman–Crippen LogP) is 4.89. The van der Waals surface area contributed by atoms with Crippen LogP contribution in [0.15, 0.2) is 30.3 Å². The van der Waals surface area contributed by atoms with E-state index in [4.69, 9.17) is 0 Å². The van der Waals surface area contributed by atoms with Crippen LogP contribution in [0.1, 0.15) is 52.0 Å². The monoisotopic (exact) mass is 272 g/mol. The molecule has 100 valence electrons. The van der Waals surface area contributed by atoms with Crippen molar-refractivity contribution in [3.05, 3.63) is 56.8 Å². The molecule has 2 rings (SSSR count). The average Bonchev–Trinajstić information content (AvgIpc) is 2.66. The molecule has 0 radical (unpaired) electrons. The van der Waals surface area contributed by atoms with Gasteiger partial charge in [0.25, 0.3) is 0 Å². The molecule has 2 heteroatoms. The fraction of sp³-hybridized carbons (Fsp3) is 0.353. The summed E-state index contributed by atoms with van der Waals surface area (Å²) >= 11 is 1.68. The largest absolute Gasteiger partial charge is 0.289 e. The van der Waals surface area contributed by atoms with Gasteiger partial charge in [0.2, 0.25) is 0 Å². The molecule has 2 aromatic rings. The lowest BCUT2D eigenvalue weighted by Gasteiger charge is -2.18. The average molecular weight is 272 g/mol. The van der Waals surface area contributed by atoms with E-state index in [1.54, 1.807) is 11.3 Å². The van der Waals surface area contributed by atoms with E-state index in [1.165, 1.54) is 10.4 Å². The summed E-state index contributed by atoms with van der Waals surface area (Å²) in [6.07, 6.45) is 0. The van der Waals surface area contributed by atoms with Crippen LogP contribution in [0, 0.1) is 13.8 Å². The minimum Gasteiger partial charge on any atom is -0.289 e. The van der Waals surface area contributed by atoms with Crippen molar-refractivity contribution in [3.8, 4) is 0 Å². The summed E-state index contributed by atoms with van der Waals surface area (Å²) in [4.78, 5) is 14.7. The lowest BCUT2D eigenvalue weighted by atomic mass is 9.86. The summed E-state index contributed by atoms with van der Waals surface area (Å²) in [5.74, 6) is 0.127. The number of aryl methyl sites for hydroxylation is 2. The number of thiophene rings is 1. The number of carbonyl (C=O) groups excluding carboxylic acids is 1. The van der Waals surface area contributed by atoms with Crippen molar-refractivity contribution in [1.29, 1.82) is 0 Å². The normalized spacial score (nSPS) is 11.6. The van der Waals surface area contributed by atoms with Gasteiger partial charge in [-0.3, -0.25) is 4.79 Å². The van der Waals surface area contributed by atoms with E-state index in [2.05, 4.69) is 32.9 Å². The fourth-order valence-electron chi connectivity index (χ4n) is 2.13. The van der Waals surface area contributed by atoms with E-state index in [0.29, 0.717) is 0 Å². The van der Waals surface area contributed by atoms with Gasteiger partial charge >= 0.3 is 0 Å². The van der Waals surface area contributed by atoms with E-state index in [1.807, 2.05) is 32.0 Å². The minimum absolute atomic E-state index is 0.121. The van der Waals surface area contributed by atoms with Gasteiger partial charge in [0.05, 0.1) is 0 Å². The van der Waals surface area contributed by atoms with Gasteiger partial charge in [-0.2, -0.15) is 0 Å². The third-order valence-corrected chi connectivity index (χ3v) is 4.26. The number of benzene rings is 1. The molecule has 1 aromatic heterocycles. The van der Waals surface area contributed by atoms with Gasteiger partial charge in [-0.1, -0.05) is 45.0 Å². The Morgan fingerprint density at radius 2 is 1.63 bits per heavy atom. The molecule has 0 aliphatic heterocycles. The quantitative estimate of drug-likeness (QED) is 0.711. The molecule has 0 amide bonds. The third kappa shape index (κ3) is 2.95. The summed E-state index contributed by atoms with van der Waals surface area (Å²) in [6, 6.07) is 9.98. The van der Waals surface area contributed by atoms with Crippen molar-refractivity contribution in [2.75, 3.05) is 0 Å². The smallest absolute Gasteiger partial charge is 0.194 e. The van der Waals surface area contributed by atoms with Crippen LogP contribution in [-0.2, 0) is 5.41 Å². The van der Waals surface area contributed by atoms with Gasteiger partial charge in [0.15, 0.2) is 5.78 Å². The van der Waals surface area contributed by atoms with Crippen LogP contribution in [0.2, 0.25) is 0 Å². The molecule has 0 fully saturated rings. The second kappa shape index (κ2) is 4.93. The highest BCUT2D eigenvalue weighted by molar-refractivity contribution is 7.12. The summed E-state index contributed by atoms with van der Waals surface area (Å²) in [5.41, 5.74) is 2.98. The molecule has 1 aromatic carbocycles. The summed E-state index contributed by atoms with van der Waals surface area (Å²) in [5, 5.41) is 0. The number of ketones is 1. The second-order valence-electron chi connectivity index (χ2n) is 5.98. The van der Waals surface area contributed by atoms with Gasteiger partial charge in [-0.15, -0.1) is 11.3 Å². The first-order chi connectivity index (χ1) is 8.79. The molecule has 0 aliphatic carbocycles. The van der Waals surface area contributed by atoms with Gasteiger partial charge in [0.1, 0.15) is 0 Å². The maximum atomic E-state index is 12.4. The van der Waals surface area contributed by atoms with Crippen molar-refractivity contribution in [2.45, 2.75) is 40.0 Å². The van der Waals surface area contributed by atoms with Crippen molar-refractivity contribution in [3.63, 3.8) is 0 Å². The van der Waals surface area contributed by atoms with E-state index >= 15 is 0 Å². The van der Waals surface area contributed by atoms with Crippen LogP contribution in [0.3, 0.4) is 0 Å². The maximum absolute atomic E-state index is 12.4. The van der Waals surface area contributed by atoms with Gasteiger partial charge in [0, 0.05) is 20.9 Å². The van der Waals surface area contributed by atoms with Crippen LogP contribution in [0.5, 0.6) is 0 Å². The number of rotatable bonds is 2. The molecule has 0 bridgehead atoms. The molecule has 0 aliphatic rings. The Kier molecular flexibility index (Phi) is 3.64. The zero-order valence-electron chi connectivity index (χ0n) is 12.2. The molecule has 0 spiro atoms. The molecule has 0 unspecified atom stereocenters. The van der Waals surface area contributed by atoms with Crippen molar-refractivity contribution >= 4 is 17.1 Å². The Morgan fingerprint density at radius 1 is 1.05 bits per heavy atom. The van der Waals surface area contributed by atoms with Crippen LogP contribution in [0.25, 0.3) is 0 Å². The van der Waals surface area contributed by atoms with E-state index in [-0.39, 0.29) is 11.2 Å². The van der Waals surface area contributed by atoms with Gasteiger partial charge in [-0.05, 0) is 30.9 Å². The Morgan fingerprint density at radius 3 is 2.05 bits per heavy atom. The third-order valence-electron chi connectivity index (χ3n) is 3.30. The molecule has 0 N–H and O–H groups in total. The van der Waals surface area contributed by atoms with Crippen molar-refractivity contribution < 1.29 is 4.79 Å². The summed E-state index contributed by atoms with van der Waals surface area (Å²) < 4.78 is 0. The number of carbonyl (C=O) groups is 1. The predicted molar refractivity (Wildman–Crippen MR) is 82.4 cm³/mol. The Hall–Kier alpha value is -1.41. The topological polar surface area (TPSA) is 17.1 Å². The number of hydrogen-bond acceptors (Lipinski definition) is 2. The van der Waals surface area contributed by atoms with Crippen LogP contribution in [-0.4, -0.2) is 5.78 Å². The highest BCUT2D eigenvalue weighted by atomic mass is 32.1. The van der Waals surface area contributed by atoms with Crippen LogP contribution in [0.4, 0.5) is 0 Å². The summed E-state index contributed by atoms with van der Waals surface area (Å²) in [6.45, 7) is 10.6. The maximum Gasteiger partial charge on any atom is 0.194 e. The Balaban J connectivity index is 2.33. The molecule has 19 heavy (non-hydrogen) atoms. The molecule has 1 heterocycles. The first kappa shape index (κ1) is 14.0. The lowest BCUT2D eigenvalue weighted by Crippen LogP contribution is -2.11. The molecule has 0 saturated heterocycles. The molecular formula is C17H20OS. The lowest BCUT2D eigenvalue weighted by molar-refractivity contribution is 0.103. The highest BCUT2D eigenvalue weighted by Crippen LogP contribution is 2.25. The van der Waals surface area contributed by atoms with Crippen molar-refractivity contribution in [2.24, 2.45) is 0 Å². The zero-order valence-corrected chi connectivity index (χ0v) is 13.0. The minimum atomic E-state index is 0.121. The SMILES string of the molecule is Cc1cc(C(=O)c2ccc(C(C)(C)C)cc2)c(C)s1. The Bertz CT molecular complexity index is 597. The first-order valence-electron chi connectivity index (χ1n) is 6.51. The standard InChI is InChI=1S/C17H20OS/c1-11-10-15(12(2)19-11)16(18)13-6-8-14(9-7-13)17(3,4)5/h6-10H,1-5H3. The van der Waals surface area contributed by atoms with Gasteiger partial charge in [-0.25, -0.2) is 0 Å². The molecule has 1 nitrogen and oxygen atoms in total.